The Hall–Kier alpha value is -2.89. The van der Waals surface area contributed by atoms with Gasteiger partial charge < -0.3 is 10.2 Å². The summed E-state index contributed by atoms with van der Waals surface area (Å²) in [6.07, 6.45) is 0. The zero-order chi connectivity index (χ0) is 18.2. The molecule has 0 bridgehead atoms. The van der Waals surface area contributed by atoms with Gasteiger partial charge in [0, 0.05) is 35.9 Å². The van der Waals surface area contributed by atoms with Crippen molar-refractivity contribution in [2.75, 3.05) is 23.3 Å². The molecule has 130 valence electrons. The predicted molar refractivity (Wildman–Crippen MR) is 98.4 cm³/mol. The first-order valence-electron chi connectivity index (χ1n) is 8.27. The number of hydrogen-bond donors (Lipinski definition) is 1. The van der Waals surface area contributed by atoms with Crippen LogP contribution in [0.2, 0.25) is 0 Å². The number of nitro benzene ring substituents is 1. The largest absolute Gasteiger partial charge is 0.371 e. The molecule has 0 unspecified atom stereocenters. The Kier molecular flexibility index (Phi) is 4.20. The lowest BCUT2D eigenvalue weighted by Crippen LogP contribution is -2.28. The standard InChI is InChI=1S/C19H21N3O3/c1-4-21-12-19(2,3)15-10-9-13(11-17(15)21)20-18(23)14-7-5-6-8-16(14)22(24)25/h5-11H,4,12H2,1-3H3,(H,20,23). The van der Waals surface area contributed by atoms with E-state index in [2.05, 4.69) is 31.0 Å². The second kappa shape index (κ2) is 6.20. The quantitative estimate of drug-likeness (QED) is 0.675. The monoisotopic (exact) mass is 339 g/mol. The molecule has 0 atom stereocenters. The lowest BCUT2D eigenvalue weighted by Gasteiger charge is -2.20. The molecule has 6 heteroatoms. The molecule has 1 aliphatic heterocycles. The van der Waals surface area contributed by atoms with Crippen LogP contribution in [0.25, 0.3) is 0 Å². The van der Waals surface area contributed by atoms with E-state index < -0.39 is 10.8 Å². The summed E-state index contributed by atoms with van der Waals surface area (Å²) in [5.74, 6) is -0.479. The van der Waals surface area contributed by atoms with Crippen LogP contribution < -0.4 is 10.2 Å². The van der Waals surface area contributed by atoms with E-state index in [0.717, 1.165) is 18.8 Å². The van der Waals surface area contributed by atoms with Crippen LogP contribution >= 0.6 is 0 Å². The molecule has 0 fully saturated rings. The Bertz CT molecular complexity index is 846. The van der Waals surface area contributed by atoms with Crippen molar-refractivity contribution in [1.82, 2.24) is 0 Å². The van der Waals surface area contributed by atoms with Gasteiger partial charge in [-0.2, -0.15) is 0 Å². The molecule has 2 aromatic carbocycles. The number of carbonyl (C=O) groups is 1. The number of carbonyl (C=O) groups excluding carboxylic acids is 1. The molecule has 1 heterocycles. The Morgan fingerprint density at radius 2 is 2.00 bits per heavy atom. The van der Waals surface area contributed by atoms with Gasteiger partial charge in [-0.15, -0.1) is 0 Å². The number of para-hydroxylation sites is 1. The van der Waals surface area contributed by atoms with E-state index in [-0.39, 0.29) is 16.7 Å². The van der Waals surface area contributed by atoms with Crippen molar-refractivity contribution in [3.63, 3.8) is 0 Å². The number of likely N-dealkylation sites (N-methyl/N-ethyl adjacent to an activating group) is 1. The molecule has 0 aliphatic carbocycles. The molecule has 3 rings (SSSR count). The van der Waals surface area contributed by atoms with Crippen LogP contribution in [0, 0.1) is 10.1 Å². The van der Waals surface area contributed by atoms with Crippen molar-refractivity contribution in [3.8, 4) is 0 Å². The van der Waals surface area contributed by atoms with E-state index in [9.17, 15) is 14.9 Å². The first-order chi connectivity index (χ1) is 11.8. The number of rotatable bonds is 4. The number of hydrogen-bond acceptors (Lipinski definition) is 4. The van der Waals surface area contributed by atoms with Crippen molar-refractivity contribution in [2.45, 2.75) is 26.2 Å². The molecule has 0 spiro atoms. The molecule has 0 radical (unpaired) electrons. The Morgan fingerprint density at radius 1 is 1.28 bits per heavy atom. The van der Waals surface area contributed by atoms with Gasteiger partial charge in [0.15, 0.2) is 0 Å². The van der Waals surface area contributed by atoms with Gasteiger partial charge in [0.2, 0.25) is 0 Å². The Morgan fingerprint density at radius 3 is 2.68 bits per heavy atom. The van der Waals surface area contributed by atoms with Crippen LogP contribution in [0.5, 0.6) is 0 Å². The van der Waals surface area contributed by atoms with E-state index in [1.165, 1.54) is 17.7 Å². The van der Waals surface area contributed by atoms with Gasteiger partial charge in [-0.25, -0.2) is 0 Å². The summed E-state index contributed by atoms with van der Waals surface area (Å²) in [6, 6.07) is 11.8. The molecule has 6 nitrogen and oxygen atoms in total. The van der Waals surface area contributed by atoms with E-state index in [4.69, 9.17) is 0 Å². The fourth-order valence-electron chi connectivity index (χ4n) is 3.40. The highest BCUT2D eigenvalue weighted by Crippen LogP contribution is 2.41. The zero-order valence-corrected chi connectivity index (χ0v) is 14.6. The molecule has 0 aromatic heterocycles. The highest BCUT2D eigenvalue weighted by Gasteiger charge is 2.34. The highest BCUT2D eigenvalue weighted by molar-refractivity contribution is 6.07. The van der Waals surface area contributed by atoms with E-state index >= 15 is 0 Å². The third kappa shape index (κ3) is 3.07. The van der Waals surface area contributed by atoms with Crippen LogP contribution in [0.4, 0.5) is 17.1 Å². The van der Waals surface area contributed by atoms with Gasteiger partial charge in [-0.1, -0.05) is 32.0 Å². The summed E-state index contributed by atoms with van der Waals surface area (Å²) in [5, 5.41) is 13.9. The Labute approximate surface area is 146 Å². The maximum atomic E-state index is 12.5. The lowest BCUT2D eigenvalue weighted by molar-refractivity contribution is -0.385. The second-order valence-electron chi connectivity index (χ2n) is 6.86. The fourth-order valence-corrected chi connectivity index (χ4v) is 3.40. The summed E-state index contributed by atoms with van der Waals surface area (Å²) >= 11 is 0. The smallest absolute Gasteiger partial charge is 0.282 e. The van der Waals surface area contributed by atoms with Crippen molar-refractivity contribution < 1.29 is 9.72 Å². The molecule has 1 aliphatic rings. The Balaban J connectivity index is 1.90. The number of fused-ring (bicyclic) bond motifs is 1. The highest BCUT2D eigenvalue weighted by atomic mass is 16.6. The van der Waals surface area contributed by atoms with Gasteiger partial charge in [-0.05, 0) is 30.7 Å². The third-order valence-corrected chi connectivity index (χ3v) is 4.64. The molecule has 1 N–H and O–H groups in total. The van der Waals surface area contributed by atoms with Crippen molar-refractivity contribution >= 4 is 23.0 Å². The van der Waals surface area contributed by atoms with Gasteiger partial charge in [-0.3, -0.25) is 14.9 Å². The molecular formula is C19H21N3O3. The van der Waals surface area contributed by atoms with Crippen LogP contribution in [-0.4, -0.2) is 23.9 Å². The van der Waals surface area contributed by atoms with Crippen LogP contribution in [-0.2, 0) is 5.41 Å². The molecule has 0 saturated carbocycles. The van der Waals surface area contributed by atoms with Crippen molar-refractivity contribution in [1.29, 1.82) is 0 Å². The first-order valence-corrected chi connectivity index (χ1v) is 8.27. The topological polar surface area (TPSA) is 75.5 Å². The van der Waals surface area contributed by atoms with Gasteiger partial charge in [0.25, 0.3) is 11.6 Å². The van der Waals surface area contributed by atoms with E-state index in [1.54, 1.807) is 12.1 Å². The first kappa shape index (κ1) is 17.0. The maximum Gasteiger partial charge on any atom is 0.282 e. The van der Waals surface area contributed by atoms with Crippen LogP contribution in [0.15, 0.2) is 42.5 Å². The number of amides is 1. The maximum absolute atomic E-state index is 12.5. The number of anilines is 2. The second-order valence-corrected chi connectivity index (χ2v) is 6.86. The van der Waals surface area contributed by atoms with E-state index in [0.29, 0.717) is 5.69 Å². The molecule has 1 amide bonds. The predicted octanol–water partition coefficient (Wildman–Crippen LogP) is 3.96. The van der Waals surface area contributed by atoms with Gasteiger partial charge >= 0.3 is 0 Å². The average Bonchev–Trinajstić information content (AvgIpc) is 2.85. The number of nitrogens with zero attached hydrogens (tertiary/aromatic N) is 2. The minimum absolute atomic E-state index is 0.0562. The SMILES string of the molecule is CCN1CC(C)(C)c2ccc(NC(=O)c3ccccc3[N+](=O)[O-])cc21. The summed E-state index contributed by atoms with van der Waals surface area (Å²) in [5.41, 5.74) is 2.91. The number of benzene rings is 2. The number of nitrogens with one attached hydrogen (secondary N) is 1. The van der Waals surface area contributed by atoms with Crippen LogP contribution in [0.3, 0.4) is 0 Å². The molecule has 25 heavy (non-hydrogen) atoms. The molecule has 2 aromatic rings. The molecule has 0 saturated heterocycles. The summed E-state index contributed by atoms with van der Waals surface area (Å²) in [4.78, 5) is 25.3. The summed E-state index contributed by atoms with van der Waals surface area (Å²) < 4.78 is 0. The van der Waals surface area contributed by atoms with E-state index in [1.807, 2.05) is 18.2 Å². The minimum atomic E-state index is -0.543. The van der Waals surface area contributed by atoms with Crippen molar-refractivity contribution in [2.24, 2.45) is 0 Å². The molecular weight excluding hydrogens is 318 g/mol. The average molecular weight is 339 g/mol. The number of nitro groups is 1. The fraction of sp³-hybridized carbons (Fsp3) is 0.316. The minimum Gasteiger partial charge on any atom is -0.371 e. The summed E-state index contributed by atoms with van der Waals surface area (Å²) in [7, 11) is 0. The third-order valence-electron chi connectivity index (χ3n) is 4.64. The van der Waals surface area contributed by atoms with Crippen molar-refractivity contribution in [3.05, 3.63) is 63.7 Å². The van der Waals surface area contributed by atoms with Gasteiger partial charge in [0.05, 0.1) is 4.92 Å². The van der Waals surface area contributed by atoms with Crippen LogP contribution in [0.1, 0.15) is 36.7 Å². The zero-order valence-electron chi connectivity index (χ0n) is 14.6. The summed E-state index contributed by atoms with van der Waals surface area (Å²) in [6.45, 7) is 8.32. The van der Waals surface area contributed by atoms with Gasteiger partial charge in [0.1, 0.15) is 5.56 Å². The lowest BCUT2D eigenvalue weighted by atomic mass is 9.87. The normalized spacial score (nSPS) is 14.9.